The van der Waals surface area contributed by atoms with Crippen LogP contribution in [-0.4, -0.2) is 29.9 Å². The summed E-state index contributed by atoms with van der Waals surface area (Å²) in [5.74, 6) is 1.08. The molecule has 1 saturated heterocycles. The number of hydrogen-bond acceptors (Lipinski definition) is 3. The Hall–Kier alpha value is -0.870. The third-order valence-electron chi connectivity index (χ3n) is 6.06. The molecule has 2 aliphatic carbocycles. The molecular formula is C18H26N2OS. The van der Waals surface area contributed by atoms with Crippen LogP contribution in [0.3, 0.4) is 0 Å². The minimum atomic E-state index is 0.413. The summed E-state index contributed by atoms with van der Waals surface area (Å²) in [5.41, 5.74) is 1.75. The fourth-order valence-electron chi connectivity index (χ4n) is 4.24. The second-order valence-corrected chi connectivity index (χ2v) is 8.27. The molecule has 1 N–H and O–H groups in total. The van der Waals surface area contributed by atoms with E-state index in [1.165, 1.54) is 44.1 Å². The van der Waals surface area contributed by atoms with Crippen LogP contribution in [0, 0.1) is 11.3 Å². The molecule has 1 unspecified atom stereocenters. The van der Waals surface area contributed by atoms with Crippen molar-refractivity contribution in [2.24, 2.45) is 11.3 Å². The summed E-state index contributed by atoms with van der Waals surface area (Å²) in [6, 6.07) is 2.67. The van der Waals surface area contributed by atoms with Crippen LogP contribution >= 0.6 is 11.3 Å². The second kappa shape index (κ2) is 5.97. The molecular weight excluding hydrogens is 292 g/mol. The third kappa shape index (κ3) is 2.83. The Balaban J connectivity index is 1.46. The van der Waals surface area contributed by atoms with E-state index >= 15 is 0 Å². The van der Waals surface area contributed by atoms with Crippen molar-refractivity contribution >= 4 is 17.2 Å². The van der Waals surface area contributed by atoms with Crippen molar-refractivity contribution in [1.29, 1.82) is 0 Å². The van der Waals surface area contributed by atoms with Gasteiger partial charge in [0.15, 0.2) is 0 Å². The van der Waals surface area contributed by atoms with Crippen molar-refractivity contribution in [3.63, 3.8) is 0 Å². The third-order valence-corrected chi connectivity index (χ3v) is 6.80. The summed E-state index contributed by atoms with van der Waals surface area (Å²) in [4.78, 5) is 15.1. The highest BCUT2D eigenvalue weighted by Gasteiger charge is 2.57. The van der Waals surface area contributed by atoms with Crippen LogP contribution in [0.5, 0.6) is 0 Å². The lowest BCUT2D eigenvalue weighted by Crippen LogP contribution is -2.40. The molecule has 22 heavy (non-hydrogen) atoms. The smallest absolute Gasteiger partial charge is 0.223 e. The van der Waals surface area contributed by atoms with E-state index < -0.39 is 0 Å². The number of amides is 1. The first kappa shape index (κ1) is 14.7. The van der Waals surface area contributed by atoms with Gasteiger partial charge in [-0.2, -0.15) is 11.3 Å². The summed E-state index contributed by atoms with van der Waals surface area (Å²) in [6.07, 6.45) is 8.35. The van der Waals surface area contributed by atoms with E-state index in [-0.39, 0.29) is 0 Å². The Kier molecular flexibility index (Phi) is 3.99. The molecule has 0 aromatic carbocycles. The second-order valence-electron chi connectivity index (χ2n) is 7.49. The predicted octanol–water partition coefficient (Wildman–Crippen LogP) is 3.41. The number of hydrogen-bond donors (Lipinski definition) is 1. The molecule has 1 aliphatic heterocycles. The summed E-state index contributed by atoms with van der Waals surface area (Å²) >= 11 is 1.73. The van der Waals surface area contributed by atoms with Gasteiger partial charge in [0.05, 0.1) is 0 Å². The lowest BCUT2D eigenvalue weighted by atomic mass is 9.82. The number of carbonyl (C=O) groups is 1. The average Bonchev–Trinajstić information content (AvgIpc) is 2.94. The lowest BCUT2D eigenvalue weighted by Gasteiger charge is -2.32. The van der Waals surface area contributed by atoms with E-state index in [0.29, 0.717) is 23.3 Å². The highest BCUT2D eigenvalue weighted by atomic mass is 32.1. The van der Waals surface area contributed by atoms with Gasteiger partial charge in [-0.3, -0.25) is 4.79 Å². The molecule has 3 nitrogen and oxygen atoms in total. The monoisotopic (exact) mass is 318 g/mol. The minimum Gasteiger partial charge on any atom is -0.335 e. The number of rotatable bonds is 5. The van der Waals surface area contributed by atoms with E-state index in [9.17, 15) is 4.79 Å². The van der Waals surface area contributed by atoms with Crippen LogP contribution in [0.4, 0.5) is 0 Å². The molecule has 1 spiro atoms. The Morgan fingerprint density at radius 3 is 2.82 bits per heavy atom. The maximum absolute atomic E-state index is 12.9. The first-order chi connectivity index (χ1) is 10.8. The fourth-order valence-corrected chi connectivity index (χ4v) is 4.90. The van der Waals surface area contributed by atoms with Crippen molar-refractivity contribution in [3.8, 4) is 0 Å². The topological polar surface area (TPSA) is 32.3 Å². The SMILES string of the molecule is O=C(CC1CCC1)N(Cc1ccsc1)C1CC12CCNCC2. The van der Waals surface area contributed by atoms with Crippen LogP contribution in [0.25, 0.3) is 0 Å². The number of carbonyl (C=O) groups excluding carboxylic acids is 1. The van der Waals surface area contributed by atoms with E-state index in [1.807, 2.05) is 0 Å². The summed E-state index contributed by atoms with van der Waals surface area (Å²) in [6.45, 7) is 3.08. The van der Waals surface area contributed by atoms with Crippen LogP contribution in [-0.2, 0) is 11.3 Å². The summed E-state index contributed by atoms with van der Waals surface area (Å²) in [5, 5.41) is 7.78. The van der Waals surface area contributed by atoms with Gasteiger partial charge in [-0.25, -0.2) is 0 Å². The first-order valence-corrected chi connectivity index (χ1v) is 9.72. The Morgan fingerprint density at radius 1 is 1.36 bits per heavy atom. The van der Waals surface area contributed by atoms with E-state index in [0.717, 1.165) is 26.1 Å². The number of piperidine rings is 1. The van der Waals surface area contributed by atoms with Gasteiger partial charge in [-0.15, -0.1) is 0 Å². The molecule has 4 rings (SSSR count). The van der Waals surface area contributed by atoms with Gasteiger partial charge >= 0.3 is 0 Å². The number of thiophene rings is 1. The van der Waals surface area contributed by atoms with E-state index in [1.54, 1.807) is 11.3 Å². The number of nitrogens with zero attached hydrogens (tertiary/aromatic N) is 1. The Bertz CT molecular complexity index is 517. The zero-order valence-corrected chi connectivity index (χ0v) is 14.0. The molecule has 4 heteroatoms. The molecule has 0 radical (unpaired) electrons. The highest BCUT2D eigenvalue weighted by Crippen LogP contribution is 2.56. The van der Waals surface area contributed by atoms with E-state index in [4.69, 9.17) is 0 Å². The van der Waals surface area contributed by atoms with Crippen molar-refractivity contribution in [3.05, 3.63) is 22.4 Å². The highest BCUT2D eigenvalue weighted by molar-refractivity contribution is 7.07. The molecule has 3 fully saturated rings. The van der Waals surface area contributed by atoms with Gasteiger partial charge in [0.25, 0.3) is 0 Å². The Morgan fingerprint density at radius 2 is 2.18 bits per heavy atom. The van der Waals surface area contributed by atoms with Gasteiger partial charge in [-0.1, -0.05) is 6.42 Å². The largest absolute Gasteiger partial charge is 0.335 e. The minimum absolute atomic E-state index is 0.413. The van der Waals surface area contributed by atoms with Crippen molar-refractivity contribution in [1.82, 2.24) is 10.2 Å². The zero-order chi connectivity index (χ0) is 15.0. The van der Waals surface area contributed by atoms with Crippen LogP contribution in [0.1, 0.15) is 50.5 Å². The molecule has 2 heterocycles. The van der Waals surface area contributed by atoms with Crippen molar-refractivity contribution in [2.45, 2.75) is 57.5 Å². The fraction of sp³-hybridized carbons (Fsp3) is 0.722. The van der Waals surface area contributed by atoms with Gasteiger partial charge in [0, 0.05) is 19.0 Å². The van der Waals surface area contributed by atoms with Gasteiger partial charge < -0.3 is 10.2 Å². The van der Waals surface area contributed by atoms with Crippen LogP contribution in [0.2, 0.25) is 0 Å². The zero-order valence-electron chi connectivity index (χ0n) is 13.2. The molecule has 0 bridgehead atoms. The van der Waals surface area contributed by atoms with Gasteiger partial charge in [-0.05, 0) is 78.9 Å². The first-order valence-electron chi connectivity index (χ1n) is 8.78. The maximum Gasteiger partial charge on any atom is 0.223 e. The van der Waals surface area contributed by atoms with Gasteiger partial charge in [0.2, 0.25) is 5.91 Å². The lowest BCUT2D eigenvalue weighted by molar-refractivity contribution is -0.134. The standard InChI is InChI=1S/C18H26N2OS/c21-17(10-14-2-1-3-14)20(12-15-4-9-22-13-15)16-11-18(16)5-7-19-8-6-18/h4,9,13-14,16,19H,1-3,5-8,10-12H2. The molecule has 120 valence electrons. The molecule has 1 aromatic heterocycles. The molecule has 2 saturated carbocycles. The number of nitrogens with one attached hydrogen (secondary N) is 1. The van der Waals surface area contributed by atoms with Crippen LogP contribution in [0.15, 0.2) is 16.8 Å². The molecule has 3 aliphatic rings. The van der Waals surface area contributed by atoms with Gasteiger partial charge in [0.1, 0.15) is 0 Å². The molecule has 1 aromatic rings. The quantitative estimate of drug-likeness (QED) is 0.902. The Labute approximate surface area is 137 Å². The maximum atomic E-state index is 12.9. The summed E-state index contributed by atoms with van der Waals surface area (Å²) < 4.78 is 0. The summed E-state index contributed by atoms with van der Waals surface area (Å²) in [7, 11) is 0. The van der Waals surface area contributed by atoms with Crippen LogP contribution < -0.4 is 5.32 Å². The normalized spacial score (nSPS) is 26.6. The average molecular weight is 318 g/mol. The molecule has 1 amide bonds. The molecule has 1 atom stereocenters. The van der Waals surface area contributed by atoms with Crippen molar-refractivity contribution in [2.75, 3.05) is 13.1 Å². The van der Waals surface area contributed by atoms with Crippen molar-refractivity contribution < 1.29 is 4.79 Å². The predicted molar refractivity (Wildman–Crippen MR) is 89.8 cm³/mol. The van der Waals surface area contributed by atoms with E-state index in [2.05, 4.69) is 27.0 Å².